The zero-order valence-electron chi connectivity index (χ0n) is 12.3. The molecule has 5 nitrogen and oxygen atoms in total. The van der Waals surface area contributed by atoms with Crippen molar-refractivity contribution in [2.45, 2.75) is 19.4 Å². The molecule has 1 heterocycles. The Balaban J connectivity index is 1.84. The molecule has 114 valence electrons. The van der Waals surface area contributed by atoms with Crippen molar-refractivity contribution in [3.8, 4) is 0 Å². The second-order valence-corrected chi connectivity index (χ2v) is 5.24. The highest BCUT2D eigenvalue weighted by Crippen LogP contribution is 2.21. The van der Waals surface area contributed by atoms with Crippen LogP contribution in [-0.4, -0.2) is 48.4 Å². The Kier molecular flexibility index (Phi) is 4.90. The zero-order valence-corrected chi connectivity index (χ0v) is 12.3. The first-order chi connectivity index (χ1) is 10.0. The third kappa shape index (κ3) is 3.58. The van der Waals surface area contributed by atoms with E-state index in [2.05, 4.69) is 5.32 Å². The summed E-state index contributed by atoms with van der Waals surface area (Å²) in [6.45, 7) is 3.08. The Bertz CT molecular complexity index is 519. The van der Waals surface area contributed by atoms with Gasteiger partial charge in [-0.3, -0.25) is 14.6 Å². The maximum Gasteiger partial charge on any atom is 0.324 e. The van der Waals surface area contributed by atoms with Crippen LogP contribution in [0.5, 0.6) is 0 Å². The number of nitrogens with one attached hydrogen (secondary N) is 1. The lowest BCUT2D eigenvalue weighted by molar-refractivity contribution is -0.125. The molecule has 2 rings (SSSR count). The number of carbonyl (C=O) groups is 2. The normalized spacial score (nSPS) is 16.5. The summed E-state index contributed by atoms with van der Waals surface area (Å²) in [5, 5.41) is 2.49. The van der Waals surface area contributed by atoms with Gasteiger partial charge in [0.25, 0.3) is 0 Å². The van der Waals surface area contributed by atoms with Crippen LogP contribution in [0.4, 0.5) is 9.18 Å². The molecule has 1 aromatic rings. The zero-order chi connectivity index (χ0) is 15.4. The molecule has 1 aliphatic rings. The lowest BCUT2D eigenvalue weighted by Gasteiger charge is -2.26. The number of benzene rings is 1. The van der Waals surface area contributed by atoms with Gasteiger partial charge in [0, 0.05) is 24.7 Å². The van der Waals surface area contributed by atoms with Gasteiger partial charge in [-0.05, 0) is 26.5 Å². The van der Waals surface area contributed by atoms with E-state index in [0.29, 0.717) is 25.1 Å². The number of hydrogen-bond donors (Lipinski definition) is 1. The highest BCUT2D eigenvalue weighted by Gasteiger charge is 2.27. The van der Waals surface area contributed by atoms with Crippen LogP contribution in [0.25, 0.3) is 0 Å². The van der Waals surface area contributed by atoms with Crippen LogP contribution >= 0.6 is 0 Å². The average Bonchev–Trinajstić information content (AvgIpc) is 2.78. The van der Waals surface area contributed by atoms with Crippen molar-refractivity contribution in [3.05, 3.63) is 35.6 Å². The molecule has 0 saturated carbocycles. The number of halogens is 1. The molecule has 1 aromatic carbocycles. The molecule has 1 aliphatic heterocycles. The van der Waals surface area contributed by atoms with Gasteiger partial charge in [-0.25, -0.2) is 9.18 Å². The molecule has 21 heavy (non-hydrogen) atoms. The largest absolute Gasteiger partial charge is 0.329 e. The van der Waals surface area contributed by atoms with E-state index in [4.69, 9.17) is 0 Å². The minimum atomic E-state index is -0.329. The van der Waals surface area contributed by atoms with Gasteiger partial charge in [-0.1, -0.05) is 18.2 Å². The fourth-order valence-corrected chi connectivity index (χ4v) is 2.40. The van der Waals surface area contributed by atoms with E-state index >= 15 is 0 Å². The first-order valence-corrected chi connectivity index (χ1v) is 7.03. The smallest absolute Gasteiger partial charge is 0.324 e. The SMILES string of the molecule is C[C@@H](c1ccccc1F)N(C)CCCN1C(=O)CNC1=O. The van der Waals surface area contributed by atoms with Crippen LogP contribution in [0.3, 0.4) is 0 Å². The lowest BCUT2D eigenvalue weighted by atomic mass is 10.1. The third-order valence-electron chi connectivity index (χ3n) is 3.85. The van der Waals surface area contributed by atoms with E-state index in [1.165, 1.54) is 11.0 Å². The molecule has 0 bridgehead atoms. The first-order valence-electron chi connectivity index (χ1n) is 7.03. The van der Waals surface area contributed by atoms with Crippen LogP contribution in [0, 0.1) is 5.82 Å². The van der Waals surface area contributed by atoms with Gasteiger partial charge in [-0.2, -0.15) is 0 Å². The predicted octanol–water partition coefficient (Wildman–Crippen LogP) is 1.76. The van der Waals surface area contributed by atoms with E-state index < -0.39 is 0 Å². The predicted molar refractivity (Wildman–Crippen MR) is 77.2 cm³/mol. The van der Waals surface area contributed by atoms with Crippen LogP contribution in [-0.2, 0) is 4.79 Å². The van der Waals surface area contributed by atoms with Crippen molar-refractivity contribution < 1.29 is 14.0 Å². The number of hydrogen-bond acceptors (Lipinski definition) is 3. The molecule has 1 N–H and O–H groups in total. The summed E-state index contributed by atoms with van der Waals surface area (Å²) >= 11 is 0. The average molecular weight is 293 g/mol. The second-order valence-electron chi connectivity index (χ2n) is 5.24. The van der Waals surface area contributed by atoms with E-state index in [-0.39, 0.29) is 30.3 Å². The van der Waals surface area contributed by atoms with Crippen LogP contribution in [0.15, 0.2) is 24.3 Å². The topological polar surface area (TPSA) is 52.6 Å². The molecule has 0 unspecified atom stereocenters. The molecule has 0 aromatic heterocycles. The quantitative estimate of drug-likeness (QED) is 0.813. The van der Waals surface area contributed by atoms with E-state index in [0.717, 1.165) is 0 Å². The molecule has 0 spiro atoms. The number of nitrogens with zero attached hydrogens (tertiary/aromatic N) is 2. The summed E-state index contributed by atoms with van der Waals surface area (Å²) in [6, 6.07) is 6.32. The Hall–Kier alpha value is -1.95. The first kappa shape index (κ1) is 15.4. The minimum absolute atomic E-state index is 0.0608. The van der Waals surface area contributed by atoms with Crippen molar-refractivity contribution in [1.82, 2.24) is 15.1 Å². The highest BCUT2D eigenvalue weighted by atomic mass is 19.1. The number of imide groups is 1. The van der Waals surface area contributed by atoms with Gasteiger partial charge in [0.05, 0.1) is 6.54 Å². The number of rotatable bonds is 6. The Morgan fingerprint density at radius 3 is 2.71 bits per heavy atom. The van der Waals surface area contributed by atoms with Gasteiger partial charge in [-0.15, -0.1) is 0 Å². The molecule has 1 atom stereocenters. The van der Waals surface area contributed by atoms with Crippen molar-refractivity contribution in [2.24, 2.45) is 0 Å². The maximum absolute atomic E-state index is 13.7. The summed E-state index contributed by atoms with van der Waals surface area (Å²) in [4.78, 5) is 26.1. The molecule has 6 heteroatoms. The minimum Gasteiger partial charge on any atom is -0.329 e. The van der Waals surface area contributed by atoms with E-state index in [1.54, 1.807) is 12.1 Å². The summed E-state index contributed by atoms with van der Waals surface area (Å²) < 4.78 is 13.7. The van der Waals surface area contributed by atoms with Gasteiger partial charge < -0.3 is 5.32 Å². The molecular formula is C15H20FN3O2. The van der Waals surface area contributed by atoms with Crippen molar-refractivity contribution in [3.63, 3.8) is 0 Å². The molecule has 1 saturated heterocycles. The Labute approximate surface area is 123 Å². The number of urea groups is 1. The third-order valence-corrected chi connectivity index (χ3v) is 3.85. The summed E-state index contributed by atoms with van der Waals surface area (Å²) in [6.07, 6.45) is 0.661. The highest BCUT2D eigenvalue weighted by molar-refractivity contribution is 6.01. The summed E-state index contributed by atoms with van der Waals surface area (Å²) in [7, 11) is 1.91. The second kappa shape index (κ2) is 6.67. The van der Waals surface area contributed by atoms with Gasteiger partial charge in [0.15, 0.2) is 0 Å². The van der Waals surface area contributed by atoms with Crippen LogP contribution in [0.1, 0.15) is 24.9 Å². The Morgan fingerprint density at radius 1 is 1.38 bits per heavy atom. The number of amides is 3. The molecular weight excluding hydrogens is 273 g/mol. The van der Waals surface area contributed by atoms with Crippen LogP contribution in [0.2, 0.25) is 0 Å². The molecule has 3 amide bonds. The van der Waals surface area contributed by atoms with E-state index in [9.17, 15) is 14.0 Å². The summed E-state index contributed by atoms with van der Waals surface area (Å²) in [5.74, 6) is -0.407. The van der Waals surface area contributed by atoms with Crippen molar-refractivity contribution in [2.75, 3.05) is 26.7 Å². The Morgan fingerprint density at radius 2 is 2.10 bits per heavy atom. The lowest BCUT2D eigenvalue weighted by Crippen LogP contribution is -2.34. The standard InChI is InChI=1S/C15H20FN3O2/c1-11(12-6-3-4-7-13(12)16)18(2)8-5-9-19-14(20)10-17-15(19)21/h3-4,6-7,11H,5,8-10H2,1-2H3,(H,17,21)/t11-/m0/s1. The molecule has 0 radical (unpaired) electrons. The fourth-order valence-electron chi connectivity index (χ4n) is 2.40. The van der Waals surface area contributed by atoms with Gasteiger partial charge in [0.1, 0.15) is 5.82 Å². The van der Waals surface area contributed by atoms with Gasteiger partial charge in [0.2, 0.25) is 5.91 Å². The fraction of sp³-hybridized carbons (Fsp3) is 0.467. The molecule has 1 fully saturated rings. The van der Waals surface area contributed by atoms with Crippen LogP contribution < -0.4 is 5.32 Å². The number of carbonyl (C=O) groups excluding carboxylic acids is 2. The summed E-state index contributed by atoms with van der Waals surface area (Å²) in [5.41, 5.74) is 0.648. The van der Waals surface area contributed by atoms with E-state index in [1.807, 2.05) is 24.9 Å². The van der Waals surface area contributed by atoms with Gasteiger partial charge >= 0.3 is 6.03 Å². The maximum atomic E-state index is 13.7. The molecule has 0 aliphatic carbocycles. The monoisotopic (exact) mass is 293 g/mol. The van der Waals surface area contributed by atoms with Crippen molar-refractivity contribution >= 4 is 11.9 Å². The van der Waals surface area contributed by atoms with Crippen molar-refractivity contribution in [1.29, 1.82) is 0 Å².